The molecule has 1 saturated carbocycles. The van der Waals surface area contributed by atoms with Gasteiger partial charge in [-0.3, -0.25) is 0 Å². The molecule has 0 radical (unpaired) electrons. The Morgan fingerprint density at radius 3 is 2.23 bits per heavy atom. The highest BCUT2D eigenvalue weighted by Crippen LogP contribution is 2.46. The van der Waals surface area contributed by atoms with Crippen LogP contribution in [-0.2, 0) is 19.8 Å². The van der Waals surface area contributed by atoms with Gasteiger partial charge in [-0.25, -0.2) is 8.78 Å². The molecule has 3 fully saturated rings. The van der Waals surface area contributed by atoms with Gasteiger partial charge in [0.1, 0.15) is 6.10 Å². The number of epoxide rings is 1. The van der Waals surface area contributed by atoms with E-state index < -0.39 is 23.0 Å². The van der Waals surface area contributed by atoms with Crippen LogP contribution in [-0.4, -0.2) is 30.7 Å². The first-order chi connectivity index (χ1) is 10.5. The summed E-state index contributed by atoms with van der Waals surface area (Å²) in [5.41, 5.74) is -1.14. The van der Waals surface area contributed by atoms with E-state index in [-0.39, 0.29) is 30.1 Å². The van der Waals surface area contributed by atoms with E-state index in [0.29, 0.717) is 32.7 Å². The Kier molecular flexibility index (Phi) is 3.27. The molecule has 1 unspecified atom stereocenters. The number of hydrogen-bond donors (Lipinski definition) is 1. The maximum absolute atomic E-state index is 14.4. The molecule has 3 aliphatic rings. The zero-order valence-electron chi connectivity index (χ0n) is 12.1. The van der Waals surface area contributed by atoms with Crippen LogP contribution in [0.1, 0.15) is 42.9 Å². The monoisotopic (exact) mass is 312 g/mol. The molecule has 120 valence electrons. The summed E-state index contributed by atoms with van der Waals surface area (Å²) in [5, 5.41) is 10.8. The van der Waals surface area contributed by atoms with Crippen LogP contribution in [0.25, 0.3) is 0 Å². The lowest BCUT2D eigenvalue weighted by Gasteiger charge is -2.40. The number of benzene rings is 1. The quantitative estimate of drug-likeness (QED) is 0.853. The lowest BCUT2D eigenvalue weighted by Crippen LogP contribution is -2.42. The Hall–Kier alpha value is -1.08. The molecule has 2 heterocycles. The van der Waals surface area contributed by atoms with Crippen LogP contribution in [0.2, 0.25) is 0 Å². The van der Waals surface area contributed by atoms with E-state index >= 15 is 0 Å². The highest BCUT2D eigenvalue weighted by Gasteiger charge is 2.47. The summed E-state index contributed by atoms with van der Waals surface area (Å²) in [4.78, 5) is 0. The summed E-state index contributed by atoms with van der Waals surface area (Å²) in [5.74, 6) is -2.54. The molecule has 4 rings (SSSR count). The summed E-state index contributed by atoms with van der Waals surface area (Å²) in [6.07, 6.45) is 1.15. The third kappa shape index (κ3) is 2.25. The molecule has 6 heteroatoms. The van der Waals surface area contributed by atoms with Crippen LogP contribution < -0.4 is 0 Å². The van der Waals surface area contributed by atoms with Crippen molar-refractivity contribution >= 4 is 0 Å². The second-order valence-corrected chi connectivity index (χ2v) is 6.29. The first-order valence-electron chi connectivity index (χ1n) is 7.63. The van der Waals surface area contributed by atoms with Crippen LogP contribution in [0.5, 0.6) is 0 Å². The summed E-state index contributed by atoms with van der Waals surface area (Å²) in [6.45, 7) is 1.49. The minimum Gasteiger partial charge on any atom is -0.385 e. The first-order valence-corrected chi connectivity index (χ1v) is 7.63. The maximum atomic E-state index is 14.4. The number of halogens is 2. The van der Waals surface area contributed by atoms with E-state index in [1.54, 1.807) is 0 Å². The van der Waals surface area contributed by atoms with Crippen molar-refractivity contribution in [2.45, 2.75) is 43.2 Å². The van der Waals surface area contributed by atoms with Crippen molar-refractivity contribution in [1.29, 1.82) is 0 Å². The van der Waals surface area contributed by atoms with Crippen molar-refractivity contribution in [3.05, 3.63) is 34.9 Å². The number of hydrogen-bond acceptors (Lipinski definition) is 4. The number of ether oxygens (including phenoxy) is 3. The zero-order chi connectivity index (χ0) is 15.4. The van der Waals surface area contributed by atoms with E-state index in [4.69, 9.17) is 14.2 Å². The molecule has 0 amide bonds. The molecular weight excluding hydrogens is 294 g/mol. The minimum absolute atomic E-state index is 0.0160. The molecule has 1 spiro atoms. The summed E-state index contributed by atoms with van der Waals surface area (Å²) in [7, 11) is 0. The van der Waals surface area contributed by atoms with Crippen molar-refractivity contribution in [3.63, 3.8) is 0 Å². The fourth-order valence-electron chi connectivity index (χ4n) is 3.50. The van der Waals surface area contributed by atoms with Gasteiger partial charge < -0.3 is 19.3 Å². The first kappa shape index (κ1) is 14.5. The Morgan fingerprint density at radius 1 is 1.00 bits per heavy atom. The molecule has 1 N–H and O–H groups in total. The van der Waals surface area contributed by atoms with Crippen molar-refractivity contribution in [3.8, 4) is 0 Å². The normalized spacial score (nSPS) is 29.0. The van der Waals surface area contributed by atoms with E-state index in [1.807, 2.05) is 0 Å². The maximum Gasteiger partial charge on any atom is 0.168 e. The van der Waals surface area contributed by atoms with Crippen LogP contribution in [0, 0.1) is 11.6 Å². The van der Waals surface area contributed by atoms with Gasteiger partial charge in [0.25, 0.3) is 0 Å². The van der Waals surface area contributed by atoms with Crippen LogP contribution in [0.4, 0.5) is 8.78 Å². The van der Waals surface area contributed by atoms with Gasteiger partial charge >= 0.3 is 0 Å². The van der Waals surface area contributed by atoms with Gasteiger partial charge in [0, 0.05) is 24.0 Å². The fraction of sp³-hybridized carbons (Fsp3) is 0.625. The smallest absolute Gasteiger partial charge is 0.168 e. The Balaban J connectivity index is 1.60. The highest BCUT2D eigenvalue weighted by molar-refractivity contribution is 5.33. The van der Waals surface area contributed by atoms with Gasteiger partial charge in [0.2, 0.25) is 0 Å². The second kappa shape index (κ2) is 4.96. The Labute approximate surface area is 127 Å². The fourth-order valence-corrected chi connectivity index (χ4v) is 3.50. The molecule has 1 aliphatic carbocycles. The molecule has 22 heavy (non-hydrogen) atoms. The average Bonchev–Trinajstić information content (AvgIpc) is 3.25. The Morgan fingerprint density at radius 2 is 1.64 bits per heavy atom. The van der Waals surface area contributed by atoms with E-state index in [9.17, 15) is 13.9 Å². The standard InChI is InChI=1S/C16H18F2O4/c17-13-10(12-9-20-12)1-2-11(14(13)18)15(19)3-5-16(6-4-15)21-7-8-22-16/h1-2,12,19H,3-9H2. The minimum atomic E-state index is -1.38. The van der Waals surface area contributed by atoms with E-state index in [2.05, 4.69) is 0 Å². The predicted octanol–water partition coefficient (Wildman–Crippen LogP) is 2.54. The third-order valence-electron chi connectivity index (χ3n) is 4.95. The Bertz CT molecular complexity index is 584. The van der Waals surface area contributed by atoms with Gasteiger partial charge in [-0.15, -0.1) is 0 Å². The highest BCUT2D eigenvalue weighted by atomic mass is 19.2. The lowest BCUT2D eigenvalue weighted by molar-refractivity contribution is -0.204. The van der Waals surface area contributed by atoms with Crippen molar-refractivity contribution < 1.29 is 28.1 Å². The topological polar surface area (TPSA) is 51.2 Å². The number of aliphatic hydroxyl groups is 1. The SMILES string of the molecule is OC1(c2ccc(C3CO3)c(F)c2F)CCC2(CC1)OCCO2. The van der Waals surface area contributed by atoms with Crippen molar-refractivity contribution in [1.82, 2.24) is 0 Å². The summed E-state index contributed by atoms with van der Waals surface area (Å²) < 4.78 is 44.8. The molecule has 2 aliphatic heterocycles. The van der Waals surface area contributed by atoms with Crippen LogP contribution in [0.3, 0.4) is 0 Å². The van der Waals surface area contributed by atoms with Gasteiger partial charge in [0.05, 0.1) is 25.4 Å². The van der Waals surface area contributed by atoms with Crippen LogP contribution in [0.15, 0.2) is 12.1 Å². The van der Waals surface area contributed by atoms with Crippen molar-refractivity contribution in [2.75, 3.05) is 19.8 Å². The third-order valence-corrected chi connectivity index (χ3v) is 4.95. The molecule has 0 aromatic heterocycles. The molecule has 1 atom stereocenters. The largest absolute Gasteiger partial charge is 0.385 e. The zero-order valence-corrected chi connectivity index (χ0v) is 12.1. The molecule has 0 bridgehead atoms. The van der Waals surface area contributed by atoms with Gasteiger partial charge in [-0.2, -0.15) is 0 Å². The molecule has 1 aromatic carbocycles. The number of rotatable bonds is 2. The molecule has 2 saturated heterocycles. The van der Waals surface area contributed by atoms with Gasteiger partial charge in [-0.1, -0.05) is 12.1 Å². The van der Waals surface area contributed by atoms with E-state index in [0.717, 1.165) is 0 Å². The summed E-state index contributed by atoms with van der Waals surface area (Å²) in [6, 6.07) is 2.99. The molecular formula is C16H18F2O4. The second-order valence-electron chi connectivity index (χ2n) is 6.29. The predicted molar refractivity (Wildman–Crippen MR) is 72.1 cm³/mol. The van der Waals surface area contributed by atoms with E-state index in [1.165, 1.54) is 12.1 Å². The molecule has 1 aromatic rings. The summed E-state index contributed by atoms with van der Waals surface area (Å²) >= 11 is 0. The lowest BCUT2D eigenvalue weighted by atomic mass is 9.76. The van der Waals surface area contributed by atoms with Crippen LogP contribution >= 0.6 is 0 Å². The van der Waals surface area contributed by atoms with Crippen molar-refractivity contribution in [2.24, 2.45) is 0 Å². The molecule has 4 nitrogen and oxygen atoms in total. The average molecular weight is 312 g/mol. The van der Waals surface area contributed by atoms with Gasteiger partial charge in [0.15, 0.2) is 17.4 Å². The van der Waals surface area contributed by atoms with Gasteiger partial charge in [-0.05, 0) is 12.8 Å².